The number of rotatable bonds is 9. The average molecular weight is 574 g/mol. The lowest BCUT2D eigenvalue weighted by molar-refractivity contribution is -0.141. The summed E-state index contributed by atoms with van der Waals surface area (Å²) in [4.78, 5) is 21.1. The zero-order valence-electron chi connectivity index (χ0n) is 21.3. The van der Waals surface area contributed by atoms with Crippen molar-refractivity contribution in [3.8, 4) is 28.8 Å². The van der Waals surface area contributed by atoms with Crippen LogP contribution in [0, 0.1) is 11.7 Å². The molecule has 2 N–H and O–H groups in total. The molecule has 4 heterocycles. The maximum atomic E-state index is 13.7. The molecule has 0 saturated carbocycles. The smallest absolute Gasteiger partial charge is 0.308 e. The van der Waals surface area contributed by atoms with E-state index in [2.05, 4.69) is 24.9 Å². The van der Waals surface area contributed by atoms with Crippen molar-refractivity contribution in [3.05, 3.63) is 54.8 Å². The van der Waals surface area contributed by atoms with Gasteiger partial charge in [-0.1, -0.05) is 6.07 Å². The summed E-state index contributed by atoms with van der Waals surface area (Å²) in [6.45, 7) is -0.202. The van der Waals surface area contributed by atoms with Crippen molar-refractivity contribution in [1.29, 1.82) is 0 Å². The molecule has 1 aliphatic heterocycles. The topological polar surface area (TPSA) is 175 Å². The summed E-state index contributed by atoms with van der Waals surface area (Å²) in [5.74, 6) is -2.03. The van der Waals surface area contributed by atoms with Gasteiger partial charge in [0.1, 0.15) is 17.2 Å². The lowest BCUT2D eigenvalue weighted by Crippen LogP contribution is -2.50. The van der Waals surface area contributed by atoms with Crippen LogP contribution in [0.2, 0.25) is 0 Å². The predicted molar refractivity (Wildman–Crippen MR) is 138 cm³/mol. The second-order valence-electron chi connectivity index (χ2n) is 8.82. The standard InChI is InChI=1S/C24H24FN7O7S/c1-37-17-5-3-6-18(38-2)20(17)32-21(19-7-4-8-39-19)28-29-24(32)30-40(35,36)16-9-14(22(33)34)12-31(13-16)23-26-10-15(25)11-27-23/h3-8,10-11,14,16H,9,12-13H2,1-2H3,(H,29,30)(H,33,34)/t14-,16-/m1/s1. The number of nitrogens with one attached hydrogen (secondary N) is 1. The van der Waals surface area contributed by atoms with Crippen LogP contribution >= 0.6 is 0 Å². The first-order valence-corrected chi connectivity index (χ1v) is 13.4. The molecule has 1 fully saturated rings. The van der Waals surface area contributed by atoms with Crippen molar-refractivity contribution in [3.63, 3.8) is 0 Å². The monoisotopic (exact) mass is 573 g/mol. The van der Waals surface area contributed by atoms with Gasteiger partial charge in [0.05, 0.1) is 44.0 Å². The van der Waals surface area contributed by atoms with E-state index in [0.717, 1.165) is 12.4 Å². The number of aromatic nitrogens is 5. The molecule has 1 saturated heterocycles. The molecule has 14 nitrogen and oxygen atoms in total. The maximum Gasteiger partial charge on any atom is 0.308 e. The maximum absolute atomic E-state index is 13.7. The van der Waals surface area contributed by atoms with Crippen LogP contribution in [0.4, 0.5) is 16.3 Å². The fraction of sp³-hybridized carbons (Fsp3) is 0.292. The molecule has 0 radical (unpaired) electrons. The van der Waals surface area contributed by atoms with E-state index in [1.165, 1.54) is 29.9 Å². The number of methoxy groups -OCH3 is 2. The number of hydrogen-bond acceptors (Lipinski definition) is 11. The molecule has 5 rings (SSSR count). The number of anilines is 2. The Bertz CT molecular complexity index is 1590. The number of carbonyl (C=O) groups is 1. The van der Waals surface area contributed by atoms with Gasteiger partial charge in [0.2, 0.25) is 27.7 Å². The Morgan fingerprint density at radius 1 is 1.10 bits per heavy atom. The molecular weight excluding hydrogens is 549 g/mol. The number of benzene rings is 1. The van der Waals surface area contributed by atoms with Crippen LogP contribution < -0.4 is 19.1 Å². The summed E-state index contributed by atoms with van der Waals surface area (Å²) in [7, 11) is -1.41. The third kappa shape index (κ3) is 5.12. The van der Waals surface area contributed by atoms with Gasteiger partial charge in [0, 0.05) is 13.1 Å². The second kappa shape index (κ2) is 10.8. The van der Waals surface area contributed by atoms with Gasteiger partial charge in [0.15, 0.2) is 11.6 Å². The van der Waals surface area contributed by atoms with E-state index in [0.29, 0.717) is 17.2 Å². The summed E-state index contributed by atoms with van der Waals surface area (Å²) in [5.41, 5.74) is 0.301. The van der Waals surface area contributed by atoms with E-state index in [4.69, 9.17) is 13.9 Å². The number of furan rings is 1. The third-order valence-corrected chi connectivity index (χ3v) is 8.04. The molecule has 16 heteroatoms. The molecule has 0 aliphatic carbocycles. The fourth-order valence-electron chi connectivity index (χ4n) is 4.48. The van der Waals surface area contributed by atoms with Crippen LogP contribution in [0.1, 0.15) is 6.42 Å². The Labute approximate surface area is 227 Å². The number of ether oxygens (including phenoxy) is 2. The van der Waals surface area contributed by atoms with Crippen LogP contribution in [-0.2, 0) is 14.8 Å². The van der Waals surface area contributed by atoms with E-state index < -0.39 is 33.0 Å². The largest absolute Gasteiger partial charge is 0.494 e. The normalized spacial score (nSPS) is 17.4. The van der Waals surface area contributed by atoms with Gasteiger partial charge in [-0.25, -0.2) is 22.8 Å². The summed E-state index contributed by atoms with van der Waals surface area (Å²) >= 11 is 0. The van der Waals surface area contributed by atoms with Gasteiger partial charge in [0.25, 0.3) is 0 Å². The quantitative estimate of drug-likeness (QED) is 0.299. The van der Waals surface area contributed by atoms with E-state index in [1.807, 2.05) is 0 Å². The van der Waals surface area contributed by atoms with E-state index in [9.17, 15) is 22.7 Å². The first-order valence-electron chi connectivity index (χ1n) is 11.9. The van der Waals surface area contributed by atoms with E-state index >= 15 is 0 Å². The van der Waals surface area contributed by atoms with Crippen LogP contribution in [0.25, 0.3) is 17.3 Å². The molecule has 40 heavy (non-hydrogen) atoms. The Balaban J connectivity index is 1.56. The highest BCUT2D eigenvalue weighted by Gasteiger charge is 2.40. The molecule has 4 aromatic rings. The van der Waals surface area contributed by atoms with Gasteiger partial charge >= 0.3 is 5.97 Å². The van der Waals surface area contributed by atoms with Crippen LogP contribution in [0.5, 0.6) is 11.5 Å². The van der Waals surface area contributed by atoms with Crippen molar-refractivity contribution in [2.45, 2.75) is 11.7 Å². The minimum atomic E-state index is -4.30. The number of carboxylic acids is 1. The Morgan fingerprint density at radius 2 is 1.80 bits per heavy atom. The molecule has 0 bridgehead atoms. The minimum Gasteiger partial charge on any atom is -0.494 e. The summed E-state index contributed by atoms with van der Waals surface area (Å²) in [5, 5.41) is 16.7. The van der Waals surface area contributed by atoms with Crippen molar-refractivity contribution >= 4 is 27.9 Å². The summed E-state index contributed by atoms with van der Waals surface area (Å²) in [6.07, 6.45) is 3.08. The van der Waals surface area contributed by atoms with Gasteiger partial charge < -0.3 is 23.9 Å². The molecule has 210 valence electrons. The number of para-hydroxylation sites is 1. The number of halogens is 1. The molecule has 0 unspecified atom stereocenters. The number of sulfonamides is 1. The Hall–Kier alpha value is -4.73. The zero-order valence-corrected chi connectivity index (χ0v) is 22.1. The van der Waals surface area contributed by atoms with Crippen LogP contribution in [-0.4, -0.2) is 76.8 Å². The SMILES string of the molecule is COc1cccc(OC)c1-n1c(NS(=O)(=O)[C@@H]2C[C@@H](C(=O)O)CN(c3ncc(F)cn3)C2)nnc1-c1ccco1. The van der Waals surface area contributed by atoms with Gasteiger partial charge in [-0.05, 0) is 30.7 Å². The first kappa shape index (κ1) is 26.9. The van der Waals surface area contributed by atoms with Gasteiger partial charge in [-0.3, -0.25) is 14.1 Å². The highest BCUT2D eigenvalue weighted by molar-refractivity contribution is 7.93. The lowest BCUT2D eigenvalue weighted by Gasteiger charge is -2.35. The van der Waals surface area contributed by atoms with E-state index in [1.54, 1.807) is 30.3 Å². The molecule has 1 aromatic carbocycles. The molecule has 1 aliphatic rings. The number of hydrogen-bond donors (Lipinski definition) is 2. The van der Waals surface area contributed by atoms with Crippen LogP contribution in [0.3, 0.4) is 0 Å². The second-order valence-corrected chi connectivity index (χ2v) is 10.8. The number of carboxylic acid groups (broad SMARTS) is 1. The van der Waals surface area contributed by atoms with Crippen molar-refractivity contribution in [1.82, 2.24) is 24.7 Å². The molecule has 0 amide bonds. The first-order chi connectivity index (χ1) is 19.2. The van der Waals surface area contributed by atoms with Gasteiger partial charge in [-0.2, -0.15) is 0 Å². The van der Waals surface area contributed by atoms with Crippen molar-refractivity contribution < 1.29 is 36.6 Å². The number of piperidine rings is 1. The third-order valence-electron chi connectivity index (χ3n) is 6.35. The lowest BCUT2D eigenvalue weighted by atomic mass is 9.98. The van der Waals surface area contributed by atoms with Crippen molar-refractivity contribution in [2.24, 2.45) is 5.92 Å². The molecule has 2 atom stereocenters. The van der Waals surface area contributed by atoms with Crippen molar-refractivity contribution in [2.75, 3.05) is 36.9 Å². The number of nitrogens with zero attached hydrogens (tertiary/aromatic N) is 6. The minimum absolute atomic E-state index is 0.00887. The fourth-order valence-corrected chi connectivity index (χ4v) is 5.89. The zero-order chi connectivity index (χ0) is 28.4. The molecular formula is C24H24FN7O7S. The summed E-state index contributed by atoms with van der Waals surface area (Å²) in [6, 6.07) is 8.27. The highest BCUT2D eigenvalue weighted by Crippen LogP contribution is 2.38. The summed E-state index contributed by atoms with van der Waals surface area (Å²) < 4.78 is 61.3. The Kier molecular flexibility index (Phi) is 7.25. The highest BCUT2D eigenvalue weighted by atomic mass is 32.2. The molecule has 3 aromatic heterocycles. The Morgan fingerprint density at radius 3 is 2.40 bits per heavy atom. The number of aliphatic carboxylic acids is 1. The van der Waals surface area contributed by atoms with Gasteiger partial charge in [-0.15, -0.1) is 10.2 Å². The predicted octanol–water partition coefficient (Wildman–Crippen LogP) is 2.19. The van der Waals surface area contributed by atoms with Crippen LogP contribution in [0.15, 0.2) is 53.4 Å². The van der Waals surface area contributed by atoms with E-state index in [-0.39, 0.29) is 43.0 Å². The average Bonchev–Trinajstić information content (AvgIpc) is 3.62. The molecule has 0 spiro atoms.